The first-order chi connectivity index (χ1) is 14.0. The Morgan fingerprint density at radius 3 is 2.34 bits per heavy atom. The van der Waals surface area contributed by atoms with Crippen molar-refractivity contribution in [3.05, 3.63) is 66.0 Å². The molecule has 1 aliphatic heterocycles. The Morgan fingerprint density at radius 1 is 1.03 bits per heavy atom. The summed E-state index contributed by atoms with van der Waals surface area (Å²) in [7, 11) is 4.38. The zero-order valence-electron chi connectivity index (χ0n) is 17.8. The molecule has 4 rings (SSSR count). The van der Waals surface area contributed by atoms with Gasteiger partial charge in [0.1, 0.15) is 0 Å². The summed E-state index contributed by atoms with van der Waals surface area (Å²) in [5.74, 6) is 0. The molecular formula is C24H32N4O. The summed E-state index contributed by atoms with van der Waals surface area (Å²) >= 11 is 0. The average molecular weight is 393 g/mol. The molecule has 5 heteroatoms. The van der Waals surface area contributed by atoms with Crippen LogP contribution < -0.4 is 0 Å². The number of hydrogen-bond acceptors (Lipinski definition) is 3. The van der Waals surface area contributed by atoms with Gasteiger partial charge in [0, 0.05) is 37.6 Å². The fourth-order valence-electron chi connectivity index (χ4n) is 5.49. The van der Waals surface area contributed by atoms with Gasteiger partial charge in [-0.15, -0.1) is 0 Å². The Bertz CT molecular complexity index is 828. The van der Waals surface area contributed by atoms with Crippen LogP contribution in [0.25, 0.3) is 0 Å². The lowest BCUT2D eigenvalue weighted by Crippen LogP contribution is -2.55. The lowest BCUT2D eigenvalue weighted by Gasteiger charge is -2.51. The molecule has 2 fully saturated rings. The number of pyridine rings is 1. The second-order valence-corrected chi connectivity index (χ2v) is 8.76. The van der Waals surface area contributed by atoms with Gasteiger partial charge in [-0.25, -0.2) is 4.79 Å². The average Bonchev–Trinajstić information content (AvgIpc) is 3.00. The minimum Gasteiger partial charge on any atom is -0.318 e. The molecule has 1 saturated carbocycles. The van der Waals surface area contributed by atoms with Crippen LogP contribution in [-0.2, 0) is 12.1 Å². The first kappa shape index (κ1) is 19.9. The van der Waals surface area contributed by atoms with E-state index >= 15 is 0 Å². The van der Waals surface area contributed by atoms with E-state index in [-0.39, 0.29) is 17.1 Å². The maximum Gasteiger partial charge on any atom is 0.320 e. The third-order valence-corrected chi connectivity index (χ3v) is 7.15. The smallest absolute Gasteiger partial charge is 0.318 e. The number of likely N-dealkylation sites (N-methyl/N-ethyl adjacent to an activating group) is 1. The highest BCUT2D eigenvalue weighted by atomic mass is 16.2. The van der Waals surface area contributed by atoms with Gasteiger partial charge in [0.05, 0.1) is 5.54 Å². The molecule has 1 spiro atoms. The van der Waals surface area contributed by atoms with E-state index in [1.54, 1.807) is 6.20 Å². The molecule has 0 unspecified atom stereocenters. The van der Waals surface area contributed by atoms with Gasteiger partial charge in [-0.1, -0.05) is 36.4 Å². The molecule has 2 aliphatic rings. The molecule has 29 heavy (non-hydrogen) atoms. The minimum atomic E-state index is -0.0532. The summed E-state index contributed by atoms with van der Waals surface area (Å²) in [6, 6.07) is 15.0. The number of rotatable bonds is 5. The predicted octanol–water partition coefficient (Wildman–Crippen LogP) is 4.11. The number of carbonyl (C=O) groups is 1. The molecule has 5 nitrogen and oxygen atoms in total. The summed E-state index contributed by atoms with van der Waals surface area (Å²) < 4.78 is 0. The fourth-order valence-corrected chi connectivity index (χ4v) is 5.49. The lowest BCUT2D eigenvalue weighted by molar-refractivity contribution is 0.0261. The molecule has 1 aromatic heterocycles. The van der Waals surface area contributed by atoms with Crippen LogP contribution in [0.4, 0.5) is 4.79 Å². The molecule has 0 bridgehead atoms. The van der Waals surface area contributed by atoms with E-state index in [9.17, 15) is 4.79 Å². The standard InChI is InChI=1S/C24H32N4O/c1-4-28-22(29)27(18-20-9-8-16-25-17-20)19-23(28)12-14-24(15-13-23,26(2)3)21-10-6-5-7-11-21/h5-11,16-17H,4,12-15,18-19H2,1-3H3/t23-,24-. The number of aromatic nitrogens is 1. The summed E-state index contributed by atoms with van der Waals surface area (Å²) in [6.45, 7) is 4.33. The van der Waals surface area contributed by atoms with E-state index in [0.717, 1.165) is 44.3 Å². The molecule has 0 N–H and O–H groups in total. The maximum atomic E-state index is 13.2. The molecule has 0 radical (unpaired) electrons. The monoisotopic (exact) mass is 392 g/mol. The molecule has 1 saturated heterocycles. The minimum absolute atomic E-state index is 0.0474. The van der Waals surface area contributed by atoms with Crippen molar-refractivity contribution in [1.82, 2.24) is 19.7 Å². The van der Waals surface area contributed by atoms with Crippen molar-refractivity contribution in [2.24, 2.45) is 0 Å². The summed E-state index contributed by atoms with van der Waals surface area (Å²) in [5.41, 5.74) is 2.48. The number of urea groups is 1. The molecule has 154 valence electrons. The van der Waals surface area contributed by atoms with Crippen molar-refractivity contribution in [2.75, 3.05) is 27.2 Å². The van der Waals surface area contributed by atoms with E-state index in [2.05, 4.69) is 72.2 Å². The Labute approximate surface area is 174 Å². The van der Waals surface area contributed by atoms with Gasteiger partial charge in [0.2, 0.25) is 0 Å². The first-order valence-corrected chi connectivity index (χ1v) is 10.7. The molecule has 2 heterocycles. The lowest BCUT2D eigenvalue weighted by atomic mass is 9.68. The molecule has 2 amide bonds. The van der Waals surface area contributed by atoms with Crippen molar-refractivity contribution in [1.29, 1.82) is 0 Å². The van der Waals surface area contributed by atoms with Crippen LogP contribution in [0.1, 0.15) is 43.7 Å². The molecular weight excluding hydrogens is 360 g/mol. The second kappa shape index (κ2) is 7.79. The Kier molecular flexibility index (Phi) is 5.34. The summed E-state index contributed by atoms with van der Waals surface area (Å²) in [5, 5.41) is 0. The fraction of sp³-hybridized carbons (Fsp3) is 0.500. The summed E-state index contributed by atoms with van der Waals surface area (Å²) in [4.78, 5) is 23.9. The van der Waals surface area contributed by atoms with Gasteiger partial charge >= 0.3 is 6.03 Å². The normalized spacial score (nSPS) is 27.2. The van der Waals surface area contributed by atoms with Crippen LogP contribution in [0.5, 0.6) is 0 Å². The summed E-state index contributed by atoms with van der Waals surface area (Å²) in [6.07, 6.45) is 7.83. The second-order valence-electron chi connectivity index (χ2n) is 8.76. The van der Waals surface area contributed by atoms with Crippen LogP contribution >= 0.6 is 0 Å². The van der Waals surface area contributed by atoms with Crippen molar-refractivity contribution < 1.29 is 4.79 Å². The van der Waals surface area contributed by atoms with Gasteiger partial charge < -0.3 is 9.80 Å². The first-order valence-electron chi connectivity index (χ1n) is 10.7. The van der Waals surface area contributed by atoms with Crippen LogP contribution in [-0.4, -0.2) is 58.4 Å². The zero-order valence-corrected chi connectivity index (χ0v) is 17.8. The van der Waals surface area contributed by atoms with Crippen molar-refractivity contribution in [3.63, 3.8) is 0 Å². The van der Waals surface area contributed by atoms with Crippen molar-refractivity contribution in [3.8, 4) is 0 Å². The van der Waals surface area contributed by atoms with Crippen molar-refractivity contribution in [2.45, 2.75) is 50.2 Å². The third-order valence-electron chi connectivity index (χ3n) is 7.15. The number of benzene rings is 1. The van der Waals surface area contributed by atoms with Gasteiger partial charge in [-0.3, -0.25) is 9.88 Å². The van der Waals surface area contributed by atoms with Crippen LogP contribution in [0.2, 0.25) is 0 Å². The van der Waals surface area contributed by atoms with E-state index in [1.807, 2.05) is 17.2 Å². The molecule has 1 aromatic carbocycles. The molecule has 0 atom stereocenters. The van der Waals surface area contributed by atoms with Gasteiger partial charge in [0.25, 0.3) is 0 Å². The SMILES string of the molecule is CCN1C(=O)N(Cc2cccnc2)C[C@]12CC[C@@](c1ccccc1)(N(C)C)CC2. The Balaban J connectivity index is 1.56. The van der Waals surface area contributed by atoms with Gasteiger partial charge in [-0.05, 0) is 63.9 Å². The van der Waals surface area contributed by atoms with Crippen LogP contribution in [0.15, 0.2) is 54.9 Å². The quantitative estimate of drug-likeness (QED) is 0.769. The highest BCUT2D eigenvalue weighted by Gasteiger charge is 2.53. The van der Waals surface area contributed by atoms with Gasteiger partial charge in [-0.2, -0.15) is 0 Å². The highest BCUT2D eigenvalue weighted by molar-refractivity contribution is 5.78. The Hall–Kier alpha value is -2.40. The number of carbonyl (C=O) groups excluding carboxylic acids is 1. The van der Waals surface area contributed by atoms with Crippen LogP contribution in [0.3, 0.4) is 0 Å². The van der Waals surface area contributed by atoms with E-state index in [4.69, 9.17) is 0 Å². The van der Waals surface area contributed by atoms with Gasteiger partial charge in [0.15, 0.2) is 0 Å². The largest absolute Gasteiger partial charge is 0.320 e. The Morgan fingerprint density at radius 2 is 1.76 bits per heavy atom. The molecule has 2 aromatic rings. The predicted molar refractivity (Wildman–Crippen MR) is 115 cm³/mol. The van der Waals surface area contributed by atoms with E-state index < -0.39 is 0 Å². The van der Waals surface area contributed by atoms with Crippen molar-refractivity contribution >= 4 is 6.03 Å². The van der Waals surface area contributed by atoms with E-state index in [0.29, 0.717) is 6.54 Å². The number of nitrogens with zero attached hydrogens (tertiary/aromatic N) is 4. The third kappa shape index (κ3) is 3.42. The number of amides is 2. The van der Waals surface area contributed by atoms with Crippen LogP contribution in [0, 0.1) is 0 Å². The van der Waals surface area contributed by atoms with E-state index in [1.165, 1.54) is 5.56 Å². The zero-order chi connectivity index (χ0) is 20.5. The topological polar surface area (TPSA) is 39.7 Å². The highest BCUT2D eigenvalue weighted by Crippen LogP contribution is 2.48. The molecule has 1 aliphatic carbocycles. The maximum absolute atomic E-state index is 13.2. The number of hydrogen-bond donors (Lipinski definition) is 0.